The van der Waals surface area contributed by atoms with Crippen LogP contribution in [0.3, 0.4) is 0 Å². The van der Waals surface area contributed by atoms with Gasteiger partial charge in [-0.1, -0.05) is 19.8 Å². The van der Waals surface area contributed by atoms with Crippen LogP contribution in [0.15, 0.2) is 0 Å². The van der Waals surface area contributed by atoms with Crippen molar-refractivity contribution in [3.05, 3.63) is 0 Å². The molecule has 1 aliphatic carbocycles. The van der Waals surface area contributed by atoms with E-state index in [0.29, 0.717) is 19.4 Å². The van der Waals surface area contributed by atoms with Crippen molar-refractivity contribution in [2.75, 3.05) is 13.1 Å². The van der Waals surface area contributed by atoms with Crippen molar-refractivity contribution in [3.8, 4) is 0 Å². The highest BCUT2D eigenvalue weighted by molar-refractivity contribution is 4.99. The van der Waals surface area contributed by atoms with Gasteiger partial charge in [0.05, 0.1) is 5.60 Å². The number of rotatable bonds is 3. The molecule has 1 heterocycles. The molecule has 6 heteroatoms. The molecule has 0 aromatic rings. The third-order valence-corrected chi connectivity index (χ3v) is 5.06. The molecule has 3 nitrogen and oxygen atoms in total. The lowest BCUT2D eigenvalue weighted by molar-refractivity contribution is -0.206. The Morgan fingerprint density at radius 1 is 1.35 bits per heavy atom. The van der Waals surface area contributed by atoms with Gasteiger partial charge in [-0.25, -0.2) is 0 Å². The average molecular weight is 294 g/mol. The van der Waals surface area contributed by atoms with Crippen molar-refractivity contribution in [3.63, 3.8) is 0 Å². The first-order chi connectivity index (χ1) is 9.28. The standard InChI is InChI=1S/C14H25F3N2O/c1-2-11(18)12(14(15,16)17)19-8-7-13(20)6-4-3-5-10(13)9-19/h10-12,20H,2-9,18H2,1H3. The number of halogens is 3. The normalized spacial score (nSPS) is 35.4. The Balaban J connectivity index is 2.12. The molecule has 20 heavy (non-hydrogen) atoms. The van der Waals surface area contributed by atoms with E-state index >= 15 is 0 Å². The average Bonchev–Trinajstić information content (AvgIpc) is 2.37. The summed E-state index contributed by atoms with van der Waals surface area (Å²) in [5.74, 6) is -0.0427. The quantitative estimate of drug-likeness (QED) is 0.839. The van der Waals surface area contributed by atoms with E-state index in [1.165, 1.54) is 4.90 Å². The molecule has 2 rings (SSSR count). The van der Waals surface area contributed by atoms with Crippen LogP contribution >= 0.6 is 0 Å². The number of piperidine rings is 1. The summed E-state index contributed by atoms with van der Waals surface area (Å²) >= 11 is 0. The van der Waals surface area contributed by atoms with Gasteiger partial charge in [0, 0.05) is 25.0 Å². The zero-order valence-electron chi connectivity index (χ0n) is 12.0. The van der Waals surface area contributed by atoms with E-state index in [0.717, 1.165) is 25.7 Å². The van der Waals surface area contributed by atoms with Gasteiger partial charge in [-0.2, -0.15) is 13.2 Å². The number of nitrogens with two attached hydrogens (primary N) is 1. The third kappa shape index (κ3) is 3.12. The Morgan fingerprint density at radius 2 is 2.05 bits per heavy atom. The van der Waals surface area contributed by atoms with Crippen LogP contribution in [-0.4, -0.2) is 47.0 Å². The second-order valence-corrected chi connectivity index (χ2v) is 6.35. The second kappa shape index (κ2) is 5.81. The molecule has 2 fully saturated rings. The number of fused-ring (bicyclic) bond motifs is 1. The summed E-state index contributed by atoms with van der Waals surface area (Å²) in [6.45, 7) is 2.28. The number of aliphatic hydroxyl groups is 1. The van der Waals surface area contributed by atoms with Crippen LogP contribution in [-0.2, 0) is 0 Å². The fraction of sp³-hybridized carbons (Fsp3) is 1.00. The Morgan fingerprint density at radius 3 is 2.65 bits per heavy atom. The third-order valence-electron chi connectivity index (χ3n) is 5.06. The largest absolute Gasteiger partial charge is 0.405 e. The molecule has 4 atom stereocenters. The van der Waals surface area contributed by atoms with Crippen LogP contribution in [0.4, 0.5) is 13.2 Å². The first kappa shape index (κ1) is 16.0. The van der Waals surface area contributed by atoms with Gasteiger partial charge in [-0.05, 0) is 25.7 Å². The van der Waals surface area contributed by atoms with Crippen LogP contribution in [0.1, 0.15) is 45.4 Å². The lowest BCUT2D eigenvalue weighted by Crippen LogP contribution is -2.62. The minimum atomic E-state index is -4.31. The van der Waals surface area contributed by atoms with Crippen LogP contribution in [0.2, 0.25) is 0 Å². The molecule has 1 saturated carbocycles. The van der Waals surface area contributed by atoms with Crippen LogP contribution in [0.5, 0.6) is 0 Å². The molecule has 0 radical (unpaired) electrons. The summed E-state index contributed by atoms with van der Waals surface area (Å²) in [6, 6.07) is -2.48. The molecule has 0 bridgehead atoms. The Hall–Kier alpha value is -0.330. The molecule has 1 saturated heterocycles. The monoisotopic (exact) mass is 294 g/mol. The predicted molar refractivity (Wildman–Crippen MR) is 71.2 cm³/mol. The van der Waals surface area contributed by atoms with Crippen molar-refractivity contribution in [2.24, 2.45) is 11.7 Å². The lowest BCUT2D eigenvalue weighted by Gasteiger charge is -2.50. The van der Waals surface area contributed by atoms with Gasteiger partial charge in [0.25, 0.3) is 0 Å². The van der Waals surface area contributed by atoms with Crippen molar-refractivity contribution in [1.82, 2.24) is 4.90 Å². The predicted octanol–water partition coefficient (Wildman–Crippen LogP) is 2.28. The highest BCUT2D eigenvalue weighted by atomic mass is 19.4. The van der Waals surface area contributed by atoms with E-state index in [1.807, 2.05) is 0 Å². The molecular weight excluding hydrogens is 269 g/mol. The number of hydrogen-bond donors (Lipinski definition) is 2. The summed E-state index contributed by atoms with van der Waals surface area (Å²) in [5.41, 5.74) is 4.96. The van der Waals surface area contributed by atoms with Gasteiger partial charge in [0.15, 0.2) is 0 Å². The van der Waals surface area contributed by atoms with Gasteiger partial charge < -0.3 is 10.8 Å². The summed E-state index contributed by atoms with van der Waals surface area (Å²) in [5, 5.41) is 10.6. The Labute approximate surface area is 118 Å². The SMILES string of the molecule is CCC(N)C(N1CCC2(O)CCCCC2C1)C(F)(F)F. The molecule has 0 aromatic carbocycles. The van der Waals surface area contributed by atoms with E-state index in [4.69, 9.17) is 5.73 Å². The second-order valence-electron chi connectivity index (χ2n) is 6.35. The molecule has 2 aliphatic rings. The summed E-state index contributed by atoms with van der Waals surface area (Å²) < 4.78 is 39.8. The van der Waals surface area contributed by atoms with E-state index < -0.39 is 23.9 Å². The van der Waals surface area contributed by atoms with E-state index in [9.17, 15) is 18.3 Å². The van der Waals surface area contributed by atoms with Crippen molar-refractivity contribution in [2.45, 2.75) is 69.3 Å². The smallest absolute Gasteiger partial charge is 0.390 e. The first-order valence-electron chi connectivity index (χ1n) is 7.56. The molecule has 0 aromatic heterocycles. The molecule has 1 aliphatic heterocycles. The highest BCUT2D eigenvalue weighted by Crippen LogP contribution is 2.42. The van der Waals surface area contributed by atoms with Crippen LogP contribution < -0.4 is 5.73 Å². The van der Waals surface area contributed by atoms with Gasteiger partial charge in [-0.15, -0.1) is 0 Å². The Bertz CT molecular complexity index is 337. The zero-order valence-corrected chi connectivity index (χ0v) is 12.0. The van der Waals surface area contributed by atoms with Gasteiger partial charge in [0.1, 0.15) is 6.04 Å². The number of likely N-dealkylation sites (tertiary alicyclic amines) is 1. The molecule has 0 amide bonds. The first-order valence-corrected chi connectivity index (χ1v) is 7.56. The molecule has 3 N–H and O–H groups in total. The minimum Gasteiger partial charge on any atom is -0.390 e. The maximum Gasteiger partial charge on any atom is 0.405 e. The van der Waals surface area contributed by atoms with Gasteiger partial charge in [-0.3, -0.25) is 4.90 Å². The maximum atomic E-state index is 13.3. The number of hydrogen-bond acceptors (Lipinski definition) is 3. The zero-order chi connectivity index (χ0) is 15.0. The van der Waals surface area contributed by atoms with Crippen molar-refractivity contribution >= 4 is 0 Å². The molecule has 118 valence electrons. The van der Waals surface area contributed by atoms with E-state index in [-0.39, 0.29) is 12.5 Å². The topological polar surface area (TPSA) is 49.5 Å². The Kier molecular flexibility index (Phi) is 4.66. The minimum absolute atomic E-state index is 0.0427. The maximum absolute atomic E-state index is 13.3. The van der Waals surface area contributed by atoms with Gasteiger partial charge >= 0.3 is 6.18 Å². The summed E-state index contributed by atoms with van der Waals surface area (Å²) in [4.78, 5) is 1.46. The molecule has 0 spiro atoms. The number of nitrogens with zero attached hydrogens (tertiary/aromatic N) is 1. The highest BCUT2D eigenvalue weighted by Gasteiger charge is 2.51. The van der Waals surface area contributed by atoms with Crippen LogP contribution in [0.25, 0.3) is 0 Å². The van der Waals surface area contributed by atoms with Crippen molar-refractivity contribution < 1.29 is 18.3 Å². The van der Waals surface area contributed by atoms with Crippen LogP contribution in [0, 0.1) is 5.92 Å². The van der Waals surface area contributed by atoms with Gasteiger partial charge in [0.2, 0.25) is 0 Å². The fourth-order valence-electron chi connectivity index (χ4n) is 3.79. The van der Waals surface area contributed by atoms with E-state index in [1.54, 1.807) is 6.92 Å². The molecular formula is C14H25F3N2O. The van der Waals surface area contributed by atoms with Crippen molar-refractivity contribution in [1.29, 1.82) is 0 Å². The summed E-state index contributed by atoms with van der Waals surface area (Å²) in [6.07, 6.45) is -0.0572. The fourth-order valence-corrected chi connectivity index (χ4v) is 3.79. The summed E-state index contributed by atoms with van der Waals surface area (Å²) in [7, 11) is 0. The molecule has 4 unspecified atom stereocenters. The lowest BCUT2D eigenvalue weighted by atomic mass is 9.71. The number of alkyl halides is 3. The van der Waals surface area contributed by atoms with E-state index in [2.05, 4.69) is 0 Å².